The van der Waals surface area contributed by atoms with Crippen LogP contribution in [-0.4, -0.2) is 4.98 Å². The van der Waals surface area contributed by atoms with Gasteiger partial charge >= 0.3 is 0 Å². The van der Waals surface area contributed by atoms with Crippen molar-refractivity contribution in [3.63, 3.8) is 0 Å². The van der Waals surface area contributed by atoms with Crippen molar-refractivity contribution < 1.29 is 0 Å². The molecule has 0 saturated heterocycles. The fourth-order valence-corrected chi connectivity index (χ4v) is 1.72. The van der Waals surface area contributed by atoms with Crippen LogP contribution in [0.4, 0.5) is 11.4 Å². The molecule has 17 heavy (non-hydrogen) atoms. The topological polar surface area (TPSA) is 48.7 Å². The van der Waals surface area contributed by atoms with Crippen molar-refractivity contribution in [3.05, 3.63) is 52.3 Å². The molecule has 2 rings (SSSR count). The van der Waals surface area contributed by atoms with E-state index in [2.05, 4.69) is 10.3 Å². The predicted octanol–water partition coefficient (Wildman–Crippen LogP) is 4.00. The Labute approximate surface area is 109 Å². The summed E-state index contributed by atoms with van der Waals surface area (Å²) in [6.45, 7) is 0. The molecule has 0 saturated carbocycles. The highest BCUT2D eigenvalue weighted by molar-refractivity contribution is 6.33. The second-order valence-electron chi connectivity index (χ2n) is 3.30. The van der Waals surface area contributed by atoms with Crippen molar-refractivity contribution in [1.29, 1.82) is 5.26 Å². The van der Waals surface area contributed by atoms with Gasteiger partial charge in [0.1, 0.15) is 5.15 Å². The molecule has 0 radical (unpaired) electrons. The lowest BCUT2D eigenvalue weighted by atomic mass is 10.2. The molecule has 1 N–H and O–H groups in total. The molecule has 5 heteroatoms. The molecular formula is C12H7Cl2N3. The molecule has 2 aromatic rings. The van der Waals surface area contributed by atoms with Crippen LogP contribution in [0.5, 0.6) is 0 Å². The van der Waals surface area contributed by atoms with Gasteiger partial charge in [0, 0.05) is 11.9 Å². The first-order valence-corrected chi connectivity index (χ1v) is 5.53. The zero-order valence-electron chi connectivity index (χ0n) is 8.61. The van der Waals surface area contributed by atoms with Gasteiger partial charge in [-0.1, -0.05) is 23.2 Å². The van der Waals surface area contributed by atoms with Crippen LogP contribution in [0.1, 0.15) is 5.56 Å². The molecule has 0 aliphatic rings. The lowest BCUT2D eigenvalue weighted by molar-refractivity contribution is 1.32. The minimum Gasteiger partial charge on any atom is -0.354 e. The van der Waals surface area contributed by atoms with Gasteiger partial charge in [0.25, 0.3) is 0 Å². The highest BCUT2D eigenvalue weighted by Gasteiger charge is 2.02. The number of benzene rings is 1. The molecule has 0 aliphatic heterocycles. The molecule has 1 aromatic carbocycles. The summed E-state index contributed by atoms with van der Waals surface area (Å²) in [7, 11) is 0. The highest BCUT2D eigenvalue weighted by Crippen LogP contribution is 2.26. The van der Waals surface area contributed by atoms with Gasteiger partial charge < -0.3 is 5.32 Å². The minimum absolute atomic E-state index is 0.403. The van der Waals surface area contributed by atoms with Gasteiger partial charge in [-0.2, -0.15) is 5.26 Å². The first-order chi connectivity index (χ1) is 8.19. The minimum atomic E-state index is 0.403. The van der Waals surface area contributed by atoms with Crippen LogP contribution in [-0.2, 0) is 0 Å². The molecular weight excluding hydrogens is 257 g/mol. The SMILES string of the molecule is N#Cc1ccc(Nc2ccnc(Cl)c2)c(Cl)c1. The summed E-state index contributed by atoms with van der Waals surface area (Å²) in [5, 5.41) is 12.7. The number of halogens is 2. The molecule has 0 unspecified atom stereocenters. The normalized spacial score (nSPS) is 9.71. The largest absolute Gasteiger partial charge is 0.354 e. The van der Waals surface area contributed by atoms with Crippen molar-refractivity contribution in [2.24, 2.45) is 0 Å². The number of hydrogen-bond acceptors (Lipinski definition) is 3. The van der Waals surface area contributed by atoms with Crippen LogP contribution in [0, 0.1) is 11.3 Å². The summed E-state index contributed by atoms with van der Waals surface area (Å²) in [6.07, 6.45) is 1.60. The van der Waals surface area contributed by atoms with E-state index in [1.54, 1.807) is 36.5 Å². The van der Waals surface area contributed by atoms with E-state index in [1.165, 1.54) is 0 Å². The van der Waals surface area contributed by atoms with Crippen molar-refractivity contribution >= 4 is 34.6 Å². The first-order valence-electron chi connectivity index (χ1n) is 4.77. The van der Waals surface area contributed by atoms with Gasteiger partial charge in [0.05, 0.1) is 22.3 Å². The number of aromatic nitrogens is 1. The predicted molar refractivity (Wildman–Crippen MR) is 68.7 cm³/mol. The Bertz CT molecular complexity index is 591. The molecule has 3 nitrogen and oxygen atoms in total. The average Bonchev–Trinajstić information content (AvgIpc) is 2.32. The summed E-state index contributed by atoms with van der Waals surface area (Å²) < 4.78 is 0. The number of nitriles is 1. The van der Waals surface area contributed by atoms with Crippen molar-refractivity contribution in [3.8, 4) is 6.07 Å². The standard InChI is InChI=1S/C12H7Cl2N3/c13-10-5-8(7-15)1-2-11(10)17-9-3-4-16-12(14)6-9/h1-6H,(H,16,17). The van der Waals surface area contributed by atoms with E-state index in [9.17, 15) is 0 Å². The summed E-state index contributed by atoms with van der Waals surface area (Å²) in [4.78, 5) is 3.88. The lowest BCUT2D eigenvalue weighted by Crippen LogP contribution is -1.92. The second kappa shape index (κ2) is 5.05. The fraction of sp³-hybridized carbons (Fsp3) is 0. The maximum Gasteiger partial charge on any atom is 0.131 e. The van der Waals surface area contributed by atoms with E-state index in [-0.39, 0.29) is 0 Å². The smallest absolute Gasteiger partial charge is 0.131 e. The van der Waals surface area contributed by atoms with Gasteiger partial charge in [0.2, 0.25) is 0 Å². The molecule has 1 aromatic heterocycles. The monoisotopic (exact) mass is 263 g/mol. The van der Waals surface area contributed by atoms with Gasteiger partial charge in [0.15, 0.2) is 0 Å². The highest BCUT2D eigenvalue weighted by atomic mass is 35.5. The zero-order chi connectivity index (χ0) is 12.3. The van der Waals surface area contributed by atoms with Gasteiger partial charge in [-0.25, -0.2) is 4.98 Å². The molecule has 0 fully saturated rings. The van der Waals surface area contributed by atoms with Crippen LogP contribution >= 0.6 is 23.2 Å². The summed E-state index contributed by atoms with van der Waals surface area (Å²) >= 11 is 11.8. The third-order valence-corrected chi connectivity index (χ3v) is 2.62. The molecule has 0 bridgehead atoms. The number of nitrogens with one attached hydrogen (secondary N) is 1. The Morgan fingerprint density at radius 3 is 2.65 bits per heavy atom. The summed E-state index contributed by atoms with van der Waals surface area (Å²) in [5.74, 6) is 0. The Hall–Kier alpha value is -1.76. The van der Waals surface area contributed by atoms with E-state index in [1.807, 2.05) is 6.07 Å². The van der Waals surface area contributed by atoms with E-state index >= 15 is 0 Å². The van der Waals surface area contributed by atoms with Gasteiger partial charge in [-0.15, -0.1) is 0 Å². The third kappa shape index (κ3) is 2.88. The number of anilines is 2. The summed E-state index contributed by atoms with van der Waals surface area (Å²) in [6, 6.07) is 10.5. The maximum absolute atomic E-state index is 8.72. The second-order valence-corrected chi connectivity index (χ2v) is 4.09. The third-order valence-electron chi connectivity index (χ3n) is 2.10. The Morgan fingerprint density at radius 2 is 2.00 bits per heavy atom. The molecule has 0 spiro atoms. The molecule has 0 amide bonds. The lowest BCUT2D eigenvalue weighted by Gasteiger charge is -2.08. The number of hydrogen-bond donors (Lipinski definition) is 1. The zero-order valence-corrected chi connectivity index (χ0v) is 10.1. The molecule has 0 aliphatic carbocycles. The number of nitrogens with zero attached hydrogens (tertiary/aromatic N) is 2. The molecule has 1 heterocycles. The summed E-state index contributed by atoms with van der Waals surface area (Å²) in [5.41, 5.74) is 2.03. The van der Waals surface area contributed by atoms with E-state index in [4.69, 9.17) is 28.5 Å². The quantitative estimate of drug-likeness (QED) is 0.834. The van der Waals surface area contributed by atoms with E-state index < -0.39 is 0 Å². The molecule has 84 valence electrons. The van der Waals surface area contributed by atoms with Crippen LogP contribution in [0.15, 0.2) is 36.5 Å². The number of rotatable bonds is 2. The van der Waals surface area contributed by atoms with Gasteiger partial charge in [-0.3, -0.25) is 0 Å². The van der Waals surface area contributed by atoms with Crippen LogP contribution < -0.4 is 5.32 Å². The fourth-order valence-electron chi connectivity index (χ4n) is 1.32. The number of pyridine rings is 1. The van der Waals surface area contributed by atoms with Gasteiger partial charge in [-0.05, 0) is 30.3 Å². The van der Waals surface area contributed by atoms with Crippen LogP contribution in [0.3, 0.4) is 0 Å². The van der Waals surface area contributed by atoms with Crippen molar-refractivity contribution in [2.75, 3.05) is 5.32 Å². The first kappa shape index (κ1) is 11.7. The van der Waals surface area contributed by atoms with Crippen LogP contribution in [0.2, 0.25) is 10.2 Å². The van der Waals surface area contributed by atoms with E-state index in [0.29, 0.717) is 21.4 Å². The van der Waals surface area contributed by atoms with E-state index in [0.717, 1.165) is 5.69 Å². The maximum atomic E-state index is 8.72. The van der Waals surface area contributed by atoms with Crippen LogP contribution in [0.25, 0.3) is 0 Å². The Kier molecular flexibility index (Phi) is 3.48. The average molecular weight is 264 g/mol. The molecule has 0 atom stereocenters. The van der Waals surface area contributed by atoms with Crippen molar-refractivity contribution in [2.45, 2.75) is 0 Å². The Balaban J connectivity index is 2.28. The Morgan fingerprint density at radius 1 is 1.18 bits per heavy atom. The van der Waals surface area contributed by atoms with Crippen molar-refractivity contribution in [1.82, 2.24) is 4.98 Å².